The van der Waals surface area contributed by atoms with E-state index >= 15 is 0 Å². The van der Waals surface area contributed by atoms with Gasteiger partial charge in [0.2, 0.25) is 0 Å². The minimum atomic E-state index is -1.19. The summed E-state index contributed by atoms with van der Waals surface area (Å²) in [5.74, 6) is 0. The summed E-state index contributed by atoms with van der Waals surface area (Å²) in [6, 6.07) is 6.41. The lowest BCUT2D eigenvalue weighted by atomic mass is 10.0. The van der Waals surface area contributed by atoms with E-state index in [4.69, 9.17) is 9.72 Å². The molecule has 2 atom stereocenters. The Morgan fingerprint density at radius 2 is 2.21 bits per heavy atom. The van der Waals surface area contributed by atoms with Crippen LogP contribution in [0.4, 0.5) is 5.69 Å². The summed E-state index contributed by atoms with van der Waals surface area (Å²) < 4.78 is 19.7. The smallest absolute Gasteiger partial charge is 0.188 e. The lowest BCUT2D eigenvalue weighted by Crippen LogP contribution is -2.43. The Labute approximate surface area is 172 Å². The van der Waals surface area contributed by atoms with Crippen LogP contribution in [0.15, 0.2) is 36.8 Å². The Bertz CT molecular complexity index is 1200. The maximum absolute atomic E-state index is 12.3. The van der Waals surface area contributed by atoms with Gasteiger partial charge in [0.1, 0.15) is 11.9 Å². The first-order valence-corrected chi connectivity index (χ1v) is 11.2. The second kappa shape index (κ2) is 7.05. The van der Waals surface area contributed by atoms with E-state index in [0.29, 0.717) is 13.2 Å². The van der Waals surface area contributed by atoms with Crippen molar-refractivity contribution in [3.05, 3.63) is 42.4 Å². The first kappa shape index (κ1) is 18.5. The molecule has 150 valence electrons. The van der Waals surface area contributed by atoms with Gasteiger partial charge in [0.05, 0.1) is 42.2 Å². The molecule has 0 amide bonds. The van der Waals surface area contributed by atoms with E-state index in [2.05, 4.69) is 34.8 Å². The number of aromatic nitrogens is 4. The fourth-order valence-corrected chi connectivity index (χ4v) is 4.78. The predicted octanol–water partition coefficient (Wildman–Crippen LogP) is 3.25. The average Bonchev–Trinajstić information content (AvgIpc) is 3.32. The molecule has 1 saturated heterocycles. The maximum atomic E-state index is 12.3. The number of pyridine rings is 2. The third kappa shape index (κ3) is 2.99. The van der Waals surface area contributed by atoms with Crippen LogP contribution < -0.4 is 4.90 Å². The van der Waals surface area contributed by atoms with E-state index in [-0.39, 0.29) is 6.04 Å². The first-order chi connectivity index (χ1) is 14.0. The van der Waals surface area contributed by atoms with E-state index in [1.165, 1.54) is 0 Å². The van der Waals surface area contributed by atoms with Gasteiger partial charge in [0.25, 0.3) is 0 Å². The van der Waals surface area contributed by atoms with Crippen LogP contribution in [0.1, 0.15) is 12.5 Å². The highest BCUT2D eigenvalue weighted by Crippen LogP contribution is 2.36. The summed E-state index contributed by atoms with van der Waals surface area (Å²) in [6.45, 7) is 6.43. The Morgan fingerprint density at radius 1 is 1.34 bits per heavy atom. The minimum absolute atomic E-state index is 0.254. The second-order valence-electron chi connectivity index (χ2n) is 7.50. The zero-order valence-electron chi connectivity index (χ0n) is 16.7. The number of nitrogens with one attached hydrogen (secondary N) is 1. The molecule has 2 unspecified atom stereocenters. The third-order valence-corrected chi connectivity index (χ3v) is 6.45. The van der Waals surface area contributed by atoms with Gasteiger partial charge < -0.3 is 19.2 Å². The van der Waals surface area contributed by atoms with Gasteiger partial charge in [0, 0.05) is 41.3 Å². The molecule has 5 heterocycles. The van der Waals surface area contributed by atoms with Crippen molar-refractivity contribution in [3.63, 3.8) is 0 Å². The summed E-state index contributed by atoms with van der Waals surface area (Å²) in [5.41, 5.74) is 5.68. The number of rotatable bonds is 3. The van der Waals surface area contributed by atoms with Crippen LogP contribution in [0.5, 0.6) is 0 Å². The number of aromatic amines is 1. The van der Waals surface area contributed by atoms with Crippen LogP contribution in [0.2, 0.25) is 0 Å². The Morgan fingerprint density at radius 3 is 3.00 bits per heavy atom. The van der Waals surface area contributed by atoms with Gasteiger partial charge >= 0.3 is 0 Å². The molecule has 0 spiro atoms. The zero-order valence-corrected chi connectivity index (χ0v) is 17.5. The van der Waals surface area contributed by atoms with Crippen LogP contribution in [0.25, 0.3) is 33.3 Å². The largest absolute Gasteiger partial charge is 0.593 e. The molecule has 0 bridgehead atoms. The SMILES string of the molecule is Cc1c[nH]c2nccc(-c3cc(N4CCOCC4C)c4ccn([S+](C)[O-])c4n3)c12. The molecular weight excluding hydrogens is 386 g/mol. The summed E-state index contributed by atoms with van der Waals surface area (Å²) in [6.07, 6.45) is 7.30. The summed E-state index contributed by atoms with van der Waals surface area (Å²) in [7, 11) is 0. The topological polar surface area (TPSA) is 82.0 Å². The van der Waals surface area contributed by atoms with Crippen LogP contribution in [0, 0.1) is 6.92 Å². The van der Waals surface area contributed by atoms with Crippen molar-refractivity contribution >= 4 is 39.1 Å². The molecule has 0 radical (unpaired) electrons. The van der Waals surface area contributed by atoms with Crippen molar-refractivity contribution in [3.8, 4) is 11.3 Å². The van der Waals surface area contributed by atoms with Gasteiger partial charge in [-0.25, -0.2) is 9.97 Å². The lowest BCUT2D eigenvalue weighted by molar-refractivity contribution is 0.0991. The maximum Gasteiger partial charge on any atom is 0.188 e. The molecule has 1 aliphatic heterocycles. The highest BCUT2D eigenvalue weighted by Gasteiger charge is 2.25. The van der Waals surface area contributed by atoms with Gasteiger partial charge in [-0.2, -0.15) is 3.97 Å². The number of fused-ring (bicyclic) bond motifs is 2. The quantitative estimate of drug-likeness (QED) is 0.525. The van der Waals surface area contributed by atoms with Crippen LogP contribution in [-0.4, -0.2) is 55.5 Å². The van der Waals surface area contributed by atoms with Crippen molar-refractivity contribution in [1.82, 2.24) is 18.9 Å². The number of anilines is 1. The Balaban J connectivity index is 1.80. The molecule has 1 N–H and O–H groups in total. The third-order valence-electron chi connectivity index (χ3n) is 5.60. The number of aryl methyl sites for hydroxylation is 1. The van der Waals surface area contributed by atoms with Gasteiger partial charge in [-0.3, -0.25) is 0 Å². The molecule has 4 aromatic rings. The van der Waals surface area contributed by atoms with E-state index in [0.717, 1.165) is 51.1 Å². The fraction of sp³-hybridized carbons (Fsp3) is 0.333. The highest BCUT2D eigenvalue weighted by molar-refractivity contribution is 7.89. The van der Waals surface area contributed by atoms with E-state index in [1.54, 1.807) is 16.4 Å². The standard InChI is InChI=1S/C21H23N5O2S/c1-13-11-23-20-19(13)15(4-6-22-20)17-10-18(25-8-9-28-12-14(25)2)16-5-7-26(29(3)27)21(16)24-17/h4-7,10-11,14H,8-9,12H2,1-3H3,(H,22,23). The molecule has 0 saturated carbocycles. The molecule has 5 rings (SSSR count). The molecule has 1 aliphatic rings. The van der Waals surface area contributed by atoms with Gasteiger partial charge in [-0.15, -0.1) is 0 Å². The van der Waals surface area contributed by atoms with Crippen molar-refractivity contribution in [1.29, 1.82) is 0 Å². The monoisotopic (exact) mass is 409 g/mol. The van der Waals surface area contributed by atoms with Gasteiger partial charge in [-0.05, 0) is 37.6 Å². The molecule has 29 heavy (non-hydrogen) atoms. The average molecular weight is 410 g/mol. The normalized spacial score (nSPS) is 18.6. The van der Waals surface area contributed by atoms with Gasteiger partial charge in [0.15, 0.2) is 5.65 Å². The van der Waals surface area contributed by atoms with Gasteiger partial charge in [-0.1, -0.05) is 0 Å². The number of H-pyrrole nitrogens is 1. The highest BCUT2D eigenvalue weighted by atomic mass is 32.2. The van der Waals surface area contributed by atoms with E-state index < -0.39 is 11.4 Å². The molecule has 0 aromatic carbocycles. The molecule has 7 nitrogen and oxygen atoms in total. The summed E-state index contributed by atoms with van der Waals surface area (Å²) >= 11 is -1.19. The fourth-order valence-electron chi connectivity index (χ4n) is 4.17. The second-order valence-corrected chi connectivity index (χ2v) is 8.74. The molecule has 1 fully saturated rings. The zero-order chi connectivity index (χ0) is 20.1. The van der Waals surface area contributed by atoms with E-state index in [9.17, 15) is 4.55 Å². The minimum Gasteiger partial charge on any atom is -0.593 e. The summed E-state index contributed by atoms with van der Waals surface area (Å²) in [4.78, 5) is 15.0. The van der Waals surface area contributed by atoms with Crippen LogP contribution in [0.3, 0.4) is 0 Å². The van der Waals surface area contributed by atoms with Crippen molar-refractivity contribution in [2.75, 3.05) is 30.9 Å². The predicted molar refractivity (Wildman–Crippen MR) is 117 cm³/mol. The Kier molecular flexibility index (Phi) is 4.49. The molecule has 4 aromatic heterocycles. The first-order valence-electron chi connectivity index (χ1n) is 9.68. The van der Waals surface area contributed by atoms with Crippen LogP contribution >= 0.6 is 0 Å². The number of nitrogens with zero attached hydrogens (tertiary/aromatic N) is 4. The van der Waals surface area contributed by atoms with Crippen molar-refractivity contribution in [2.24, 2.45) is 0 Å². The van der Waals surface area contributed by atoms with Crippen molar-refractivity contribution in [2.45, 2.75) is 19.9 Å². The Hall–Kier alpha value is -2.55. The molecular formula is C21H23N5O2S. The van der Waals surface area contributed by atoms with Crippen molar-refractivity contribution < 1.29 is 9.29 Å². The molecule has 8 heteroatoms. The number of hydrogen-bond donors (Lipinski definition) is 1. The number of ether oxygens (including phenoxy) is 1. The van der Waals surface area contributed by atoms with Crippen LogP contribution in [-0.2, 0) is 16.1 Å². The number of hydrogen-bond acceptors (Lipinski definition) is 5. The molecule has 0 aliphatic carbocycles. The lowest BCUT2D eigenvalue weighted by Gasteiger charge is -2.35. The summed E-state index contributed by atoms with van der Waals surface area (Å²) in [5, 5.41) is 2.07. The number of morpholine rings is 1. The van der Waals surface area contributed by atoms with E-state index in [1.807, 2.05) is 24.5 Å².